The smallest absolute Gasteiger partial charge is 0.234 e. The molecule has 2 atom stereocenters. The summed E-state index contributed by atoms with van der Waals surface area (Å²) in [5.74, 6) is 0.126. The first-order valence-electron chi connectivity index (χ1n) is 7.14. The molecule has 0 saturated carbocycles. The van der Waals surface area contributed by atoms with Crippen LogP contribution in [-0.2, 0) is 17.8 Å². The Kier molecular flexibility index (Phi) is 4.01. The maximum absolute atomic E-state index is 12.4. The zero-order valence-corrected chi connectivity index (χ0v) is 13.1. The molecule has 0 saturated heterocycles. The van der Waals surface area contributed by atoms with Crippen LogP contribution in [0.1, 0.15) is 18.1 Å². The number of carbonyl (C=O) groups excluding carboxylic acids is 1. The molecule has 1 amide bonds. The van der Waals surface area contributed by atoms with Gasteiger partial charge in [0.05, 0.1) is 11.6 Å². The normalized spacial score (nSPS) is 18.3. The molecule has 2 aromatic rings. The van der Waals surface area contributed by atoms with Crippen LogP contribution in [0.15, 0.2) is 41.8 Å². The number of nitrogens with zero attached hydrogens (tertiary/aromatic N) is 2. The molecular weight excluding hydrogens is 282 g/mol. The van der Waals surface area contributed by atoms with Crippen LogP contribution in [0.3, 0.4) is 0 Å². The van der Waals surface area contributed by atoms with Crippen LogP contribution in [-0.4, -0.2) is 26.8 Å². The summed E-state index contributed by atoms with van der Waals surface area (Å²) >= 11 is 1.68. The monoisotopic (exact) mass is 301 g/mol. The second kappa shape index (κ2) is 5.93. The molecule has 0 fully saturated rings. The number of hydrogen-bond acceptors (Lipinski definition) is 3. The Balaban J connectivity index is 1.57. The standard InChI is InChI=1S/C16H19N3OS/c1-11-3-4-13-8-15(21-14(13)7-11)16(20)18-12(2)9-19-6-5-17-10-19/h3-7,10,12,15H,8-9H2,1-2H3,(H,18,20). The average molecular weight is 301 g/mol. The molecule has 1 aromatic heterocycles. The van der Waals surface area contributed by atoms with E-state index in [0.29, 0.717) is 0 Å². The van der Waals surface area contributed by atoms with Crippen LogP contribution in [0.5, 0.6) is 0 Å². The number of amides is 1. The fourth-order valence-corrected chi connectivity index (χ4v) is 3.87. The molecule has 0 radical (unpaired) electrons. The Labute approximate surface area is 129 Å². The van der Waals surface area contributed by atoms with Gasteiger partial charge < -0.3 is 9.88 Å². The maximum Gasteiger partial charge on any atom is 0.234 e. The van der Waals surface area contributed by atoms with Crippen molar-refractivity contribution in [2.45, 2.75) is 43.0 Å². The quantitative estimate of drug-likeness (QED) is 0.943. The number of benzene rings is 1. The molecule has 5 heteroatoms. The Morgan fingerprint density at radius 2 is 2.43 bits per heavy atom. The van der Waals surface area contributed by atoms with Gasteiger partial charge in [-0.25, -0.2) is 4.98 Å². The van der Waals surface area contributed by atoms with E-state index in [9.17, 15) is 4.79 Å². The highest BCUT2D eigenvalue weighted by Gasteiger charge is 2.28. The highest BCUT2D eigenvalue weighted by Crippen LogP contribution is 2.37. The Morgan fingerprint density at radius 3 is 3.19 bits per heavy atom. The van der Waals surface area contributed by atoms with Gasteiger partial charge in [0.15, 0.2) is 0 Å². The van der Waals surface area contributed by atoms with Gasteiger partial charge in [0.1, 0.15) is 0 Å². The predicted octanol–water partition coefficient (Wildman–Crippen LogP) is 2.41. The number of aryl methyl sites for hydroxylation is 1. The first-order valence-corrected chi connectivity index (χ1v) is 8.02. The van der Waals surface area contributed by atoms with Crippen molar-refractivity contribution in [2.24, 2.45) is 0 Å². The van der Waals surface area contributed by atoms with E-state index in [1.807, 2.05) is 17.7 Å². The first kappa shape index (κ1) is 14.2. The van der Waals surface area contributed by atoms with Crippen molar-refractivity contribution in [3.05, 3.63) is 48.0 Å². The zero-order valence-electron chi connectivity index (χ0n) is 12.2. The minimum Gasteiger partial charge on any atom is -0.351 e. The minimum atomic E-state index is -0.00737. The van der Waals surface area contributed by atoms with Gasteiger partial charge in [0.2, 0.25) is 5.91 Å². The van der Waals surface area contributed by atoms with Crippen molar-refractivity contribution in [1.29, 1.82) is 0 Å². The molecule has 0 bridgehead atoms. The highest BCUT2D eigenvalue weighted by molar-refractivity contribution is 8.01. The number of rotatable bonds is 4. The van der Waals surface area contributed by atoms with E-state index in [2.05, 4.69) is 35.4 Å². The maximum atomic E-state index is 12.4. The summed E-state index contributed by atoms with van der Waals surface area (Å²) in [4.78, 5) is 17.6. The first-order chi connectivity index (χ1) is 10.1. The van der Waals surface area contributed by atoms with E-state index in [0.717, 1.165) is 13.0 Å². The topological polar surface area (TPSA) is 46.9 Å². The molecule has 0 spiro atoms. The van der Waals surface area contributed by atoms with Crippen molar-refractivity contribution >= 4 is 17.7 Å². The summed E-state index contributed by atoms with van der Waals surface area (Å²) in [6.45, 7) is 4.85. The van der Waals surface area contributed by atoms with E-state index in [-0.39, 0.29) is 17.2 Å². The van der Waals surface area contributed by atoms with Gasteiger partial charge in [-0.3, -0.25) is 4.79 Å². The average Bonchev–Trinajstić information content (AvgIpc) is 3.06. The molecule has 3 rings (SSSR count). The zero-order chi connectivity index (χ0) is 14.8. The molecule has 1 aromatic carbocycles. The van der Waals surface area contributed by atoms with Crippen molar-refractivity contribution in [2.75, 3.05) is 0 Å². The number of carbonyl (C=O) groups is 1. The second-order valence-electron chi connectivity index (χ2n) is 5.59. The lowest BCUT2D eigenvalue weighted by atomic mass is 10.1. The summed E-state index contributed by atoms with van der Waals surface area (Å²) in [5, 5.41) is 3.09. The summed E-state index contributed by atoms with van der Waals surface area (Å²) in [6, 6.07) is 6.52. The predicted molar refractivity (Wildman–Crippen MR) is 84.4 cm³/mol. The van der Waals surface area contributed by atoms with Gasteiger partial charge in [0, 0.05) is 29.9 Å². The van der Waals surface area contributed by atoms with Gasteiger partial charge >= 0.3 is 0 Å². The van der Waals surface area contributed by atoms with Crippen LogP contribution >= 0.6 is 11.8 Å². The lowest BCUT2D eigenvalue weighted by Crippen LogP contribution is -2.40. The van der Waals surface area contributed by atoms with E-state index in [4.69, 9.17) is 0 Å². The number of aromatic nitrogens is 2. The van der Waals surface area contributed by atoms with E-state index < -0.39 is 0 Å². The molecule has 4 nitrogen and oxygen atoms in total. The van der Waals surface area contributed by atoms with Crippen LogP contribution in [0.4, 0.5) is 0 Å². The van der Waals surface area contributed by atoms with Crippen LogP contribution in [0.2, 0.25) is 0 Å². The third-order valence-electron chi connectivity index (χ3n) is 3.62. The highest BCUT2D eigenvalue weighted by atomic mass is 32.2. The number of fused-ring (bicyclic) bond motifs is 1. The summed E-state index contributed by atoms with van der Waals surface area (Å²) in [7, 11) is 0. The van der Waals surface area contributed by atoms with Crippen LogP contribution in [0.25, 0.3) is 0 Å². The minimum absolute atomic E-state index is 0.00737. The molecule has 2 unspecified atom stereocenters. The van der Waals surface area contributed by atoms with Crippen molar-refractivity contribution in [3.63, 3.8) is 0 Å². The molecule has 1 N–H and O–H groups in total. The van der Waals surface area contributed by atoms with Gasteiger partial charge in [-0.15, -0.1) is 11.8 Å². The molecule has 1 aliphatic rings. The molecule has 110 valence electrons. The lowest BCUT2D eigenvalue weighted by molar-refractivity contribution is -0.121. The summed E-state index contributed by atoms with van der Waals surface area (Å²) in [6.07, 6.45) is 6.25. The van der Waals surface area contributed by atoms with Gasteiger partial charge in [-0.05, 0) is 31.9 Å². The Morgan fingerprint density at radius 1 is 1.57 bits per heavy atom. The molecule has 1 aliphatic heterocycles. The van der Waals surface area contributed by atoms with Crippen LogP contribution < -0.4 is 5.32 Å². The van der Waals surface area contributed by atoms with Gasteiger partial charge in [0.25, 0.3) is 0 Å². The lowest BCUT2D eigenvalue weighted by Gasteiger charge is -2.17. The molecule has 2 heterocycles. The van der Waals surface area contributed by atoms with E-state index in [1.54, 1.807) is 24.3 Å². The molecule has 21 heavy (non-hydrogen) atoms. The molecule has 0 aliphatic carbocycles. The van der Waals surface area contributed by atoms with Crippen molar-refractivity contribution < 1.29 is 4.79 Å². The number of nitrogens with one attached hydrogen (secondary N) is 1. The van der Waals surface area contributed by atoms with Crippen LogP contribution in [0, 0.1) is 6.92 Å². The third kappa shape index (κ3) is 3.29. The largest absolute Gasteiger partial charge is 0.351 e. The SMILES string of the molecule is Cc1ccc2c(c1)SC(C(=O)NC(C)Cn1ccnc1)C2. The second-order valence-corrected chi connectivity index (χ2v) is 6.84. The van der Waals surface area contributed by atoms with Crippen molar-refractivity contribution in [1.82, 2.24) is 14.9 Å². The fraction of sp³-hybridized carbons (Fsp3) is 0.375. The van der Waals surface area contributed by atoms with Gasteiger partial charge in [-0.1, -0.05) is 17.7 Å². The fourth-order valence-electron chi connectivity index (χ4n) is 2.57. The van der Waals surface area contributed by atoms with E-state index >= 15 is 0 Å². The third-order valence-corrected chi connectivity index (χ3v) is 4.92. The Hall–Kier alpha value is -1.75. The summed E-state index contributed by atoms with van der Waals surface area (Å²) < 4.78 is 1.98. The number of thioether (sulfide) groups is 1. The number of hydrogen-bond donors (Lipinski definition) is 1. The van der Waals surface area contributed by atoms with E-state index in [1.165, 1.54) is 16.0 Å². The Bertz CT molecular complexity index is 639. The number of imidazole rings is 1. The summed E-state index contributed by atoms with van der Waals surface area (Å²) in [5.41, 5.74) is 2.53. The molecular formula is C16H19N3OS. The van der Waals surface area contributed by atoms with Gasteiger partial charge in [-0.2, -0.15) is 0 Å². The van der Waals surface area contributed by atoms with Crippen molar-refractivity contribution in [3.8, 4) is 0 Å².